The molecule has 0 spiro atoms. The summed E-state index contributed by atoms with van der Waals surface area (Å²) in [6.07, 6.45) is 4.00. The van der Waals surface area contributed by atoms with Crippen LogP contribution in [-0.2, 0) is 6.54 Å². The van der Waals surface area contributed by atoms with Crippen molar-refractivity contribution in [1.29, 1.82) is 0 Å². The summed E-state index contributed by atoms with van der Waals surface area (Å²) in [6.45, 7) is 7.81. The zero-order valence-electron chi connectivity index (χ0n) is 12.5. The van der Waals surface area contributed by atoms with Gasteiger partial charge in [-0.2, -0.15) is 0 Å². The second-order valence-electron chi connectivity index (χ2n) is 7.47. The standard InChI is InChI=1S/C17H24ClNO/c1-16(2)11-7-8-17(3,9-11)15(16)19-10-12-13(18)5-4-6-14(12)20/h4-6,11,15,19-20H,7-10H2,1-3H3. The fourth-order valence-electron chi connectivity index (χ4n) is 4.74. The first-order chi connectivity index (χ1) is 9.34. The molecule has 2 aliphatic carbocycles. The molecular weight excluding hydrogens is 270 g/mol. The van der Waals surface area contributed by atoms with E-state index >= 15 is 0 Å². The number of aromatic hydroxyl groups is 1. The van der Waals surface area contributed by atoms with Crippen molar-refractivity contribution in [3.05, 3.63) is 28.8 Å². The van der Waals surface area contributed by atoms with Crippen LogP contribution in [0.2, 0.25) is 5.02 Å². The van der Waals surface area contributed by atoms with Crippen LogP contribution < -0.4 is 5.32 Å². The molecule has 2 bridgehead atoms. The molecule has 2 aliphatic rings. The first-order valence-electron chi connectivity index (χ1n) is 7.54. The lowest BCUT2D eigenvalue weighted by Crippen LogP contribution is -2.49. The largest absolute Gasteiger partial charge is 0.508 e. The van der Waals surface area contributed by atoms with E-state index in [-0.39, 0.29) is 5.75 Å². The Morgan fingerprint density at radius 1 is 1.35 bits per heavy atom. The summed E-state index contributed by atoms with van der Waals surface area (Å²) in [5.41, 5.74) is 1.53. The van der Waals surface area contributed by atoms with E-state index in [0.29, 0.717) is 28.4 Å². The van der Waals surface area contributed by atoms with E-state index in [1.807, 2.05) is 6.07 Å². The minimum atomic E-state index is 0.288. The number of nitrogens with one attached hydrogen (secondary N) is 1. The smallest absolute Gasteiger partial charge is 0.121 e. The monoisotopic (exact) mass is 293 g/mol. The summed E-state index contributed by atoms with van der Waals surface area (Å²) in [6, 6.07) is 5.82. The third-order valence-electron chi connectivity index (χ3n) is 5.85. The molecule has 3 heteroatoms. The van der Waals surface area contributed by atoms with Crippen molar-refractivity contribution in [1.82, 2.24) is 5.32 Å². The zero-order valence-corrected chi connectivity index (χ0v) is 13.3. The Morgan fingerprint density at radius 3 is 2.70 bits per heavy atom. The number of phenols is 1. The number of hydrogen-bond acceptors (Lipinski definition) is 2. The van der Waals surface area contributed by atoms with Crippen LogP contribution in [0.5, 0.6) is 5.75 Å². The van der Waals surface area contributed by atoms with Crippen molar-refractivity contribution in [3.8, 4) is 5.75 Å². The molecule has 0 amide bonds. The summed E-state index contributed by atoms with van der Waals surface area (Å²) in [4.78, 5) is 0. The maximum absolute atomic E-state index is 9.97. The Hall–Kier alpha value is -0.730. The molecule has 0 heterocycles. The van der Waals surface area contributed by atoms with Crippen molar-refractivity contribution < 1.29 is 5.11 Å². The number of halogens is 1. The van der Waals surface area contributed by atoms with Gasteiger partial charge in [0, 0.05) is 23.2 Å². The van der Waals surface area contributed by atoms with Crippen LogP contribution in [-0.4, -0.2) is 11.1 Å². The lowest BCUT2D eigenvalue weighted by atomic mass is 9.68. The molecule has 0 aromatic heterocycles. The molecule has 2 N–H and O–H groups in total. The van der Waals surface area contributed by atoms with E-state index in [2.05, 4.69) is 26.1 Å². The third-order valence-corrected chi connectivity index (χ3v) is 6.20. The first kappa shape index (κ1) is 14.2. The van der Waals surface area contributed by atoms with Crippen LogP contribution in [0.25, 0.3) is 0 Å². The zero-order chi connectivity index (χ0) is 14.5. The van der Waals surface area contributed by atoms with Crippen LogP contribution in [0, 0.1) is 16.7 Å². The Labute approximate surface area is 126 Å². The topological polar surface area (TPSA) is 32.3 Å². The highest BCUT2D eigenvalue weighted by Crippen LogP contribution is 2.62. The molecule has 0 aliphatic heterocycles. The van der Waals surface area contributed by atoms with Gasteiger partial charge in [-0.3, -0.25) is 0 Å². The molecule has 2 fully saturated rings. The Bertz CT molecular complexity index is 503. The van der Waals surface area contributed by atoms with Gasteiger partial charge in [-0.05, 0) is 48.1 Å². The molecule has 0 radical (unpaired) electrons. The Balaban J connectivity index is 1.79. The maximum Gasteiger partial charge on any atom is 0.121 e. The van der Waals surface area contributed by atoms with Gasteiger partial charge in [-0.25, -0.2) is 0 Å². The van der Waals surface area contributed by atoms with Gasteiger partial charge < -0.3 is 10.4 Å². The summed E-state index contributed by atoms with van der Waals surface area (Å²) in [5, 5.41) is 14.3. The third kappa shape index (κ3) is 2.05. The molecule has 20 heavy (non-hydrogen) atoms. The van der Waals surface area contributed by atoms with E-state index in [1.54, 1.807) is 12.1 Å². The van der Waals surface area contributed by atoms with Crippen LogP contribution >= 0.6 is 11.6 Å². The maximum atomic E-state index is 9.97. The summed E-state index contributed by atoms with van der Waals surface area (Å²) < 4.78 is 0. The van der Waals surface area contributed by atoms with Gasteiger partial charge in [0.15, 0.2) is 0 Å². The lowest BCUT2D eigenvalue weighted by molar-refractivity contribution is 0.108. The molecule has 2 nitrogen and oxygen atoms in total. The number of rotatable bonds is 3. The highest BCUT2D eigenvalue weighted by atomic mass is 35.5. The first-order valence-corrected chi connectivity index (χ1v) is 7.92. The summed E-state index contributed by atoms with van der Waals surface area (Å²) >= 11 is 6.20. The van der Waals surface area contributed by atoms with Gasteiger partial charge in [0.1, 0.15) is 5.75 Å². The SMILES string of the molecule is CC12CCC(C1)C(C)(C)C2NCc1c(O)cccc1Cl. The highest BCUT2D eigenvalue weighted by molar-refractivity contribution is 6.31. The quantitative estimate of drug-likeness (QED) is 0.868. The molecule has 3 atom stereocenters. The van der Waals surface area contributed by atoms with Gasteiger partial charge in [-0.1, -0.05) is 38.4 Å². The van der Waals surface area contributed by atoms with Gasteiger partial charge in [0.25, 0.3) is 0 Å². The van der Waals surface area contributed by atoms with Crippen LogP contribution in [0.15, 0.2) is 18.2 Å². The van der Waals surface area contributed by atoms with Crippen LogP contribution in [0.3, 0.4) is 0 Å². The molecule has 3 rings (SSSR count). The number of hydrogen-bond donors (Lipinski definition) is 2. The van der Waals surface area contributed by atoms with Gasteiger partial charge in [0.05, 0.1) is 0 Å². The molecule has 2 saturated carbocycles. The molecular formula is C17H24ClNO. The number of benzene rings is 1. The van der Waals surface area contributed by atoms with Crippen molar-refractivity contribution >= 4 is 11.6 Å². The summed E-state index contributed by atoms with van der Waals surface area (Å²) in [5.74, 6) is 1.11. The fourth-order valence-corrected chi connectivity index (χ4v) is 4.97. The van der Waals surface area contributed by atoms with E-state index in [9.17, 15) is 5.11 Å². The van der Waals surface area contributed by atoms with E-state index in [1.165, 1.54) is 19.3 Å². The van der Waals surface area contributed by atoms with Gasteiger partial charge in [0.2, 0.25) is 0 Å². The predicted octanol–water partition coefficient (Wildman–Crippen LogP) is 4.35. The Kier molecular flexibility index (Phi) is 3.30. The van der Waals surface area contributed by atoms with Gasteiger partial charge >= 0.3 is 0 Å². The molecule has 1 aromatic rings. The fraction of sp³-hybridized carbons (Fsp3) is 0.647. The van der Waals surface area contributed by atoms with Crippen molar-refractivity contribution in [2.75, 3.05) is 0 Å². The minimum Gasteiger partial charge on any atom is -0.508 e. The normalized spacial score (nSPS) is 34.6. The van der Waals surface area contributed by atoms with E-state index in [0.717, 1.165) is 11.5 Å². The van der Waals surface area contributed by atoms with Crippen molar-refractivity contribution in [2.45, 2.75) is 52.6 Å². The number of fused-ring (bicyclic) bond motifs is 2. The van der Waals surface area contributed by atoms with Crippen LogP contribution in [0.4, 0.5) is 0 Å². The van der Waals surface area contributed by atoms with Crippen LogP contribution in [0.1, 0.15) is 45.6 Å². The van der Waals surface area contributed by atoms with Crippen molar-refractivity contribution in [3.63, 3.8) is 0 Å². The average molecular weight is 294 g/mol. The van der Waals surface area contributed by atoms with E-state index < -0.39 is 0 Å². The van der Waals surface area contributed by atoms with Crippen molar-refractivity contribution in [2.24, 2.45) is 16.7 Å². The second kappa shape index (κ2) is 4.64. The Morgan fingerprint density at radius 2 is 2.10 bits per heavy atom. The molecule has 1 aromatic carbocycles. The molecule has 0 saturated heterocycles. The highest BCUT2D eigenvalue weighted by Gasteiger charge is 2.58. The molecule has 110 valence electrons. The molecule has 3 unspecified atom stereocenters. The summed E-state index contributed by atoms with van der Waals surface area (Å²) in [7, 11) is 0. The number of phenolic OH excluding ortho intramolecular Hbond substituents is 1. The second-order valence-corrected chi connectivity index (χ2v) is 7.87. The lowest BCUT2D eigenvalue weighted by Gasteiger charge is -2.43. The average Bonchev–Trinajstić information content (AvgIpc) is 2.83. The van der Waals surface area contributed by atoms with Gasteiger partial charge in [-0.15, -0.1) is 0 Å². The minimum absolute atomic E-state index is 0.288. The van der Waals surface area contributed by atoms with E-state index in [4.69, 9.17) is 11.6 Å². The predicted molar refractivity (Wildman–Crippen MR) is 83.0 cm³/mol.